The molecule has 5 nitrogen and oxygen atoms in total. The molecule has 1 saturated carbocycles. The molecular formula is C24H29N3O2. The molecule has 0 spiro atoms. The number of carbonyl (C=O) groups excluding carboxylic acids is 1. The number of amides is 1. The lowest BCUT2D eigenvalue weighted by Gasteiger charge is -2.41. The summed E-state index contributed by atoms with van der Waals surface area (Å²) in [5.74, 6) is 0.648. The van der Waals surface area contributed by atoms with E-state index in [1.807, 2.05) is 4.90 Å². The van der Waals surface area contributed by atoms with E-state index >= 15 is 0 Å². The zero-order valence-electron chi connectivity index (χ0n) is 17.2. The monoisotopic (exact) mass is 391 g/mol. The van der Waals surface area contributed by atoms with Crippen LogP contribution in [0.15, 0.2) is 46.9 Å². The van der Waals surface area contributed by atoms with Crippen LogP contribution in [0.2, 0.25) is 0 Å². The van der Waals surface area contributed by atoms with Gasteiger partial charge in [0.15, 0.2) is 11.5 Å². The second-order valence-electron chi connectivity index (χ2n) is 9.05. The number of aliphatic imine (C=N–C) groups is 1. The smallest absolute Gasteiger partial charge is 0.274 e. The Balaban J connectivity index is 1.51. The molecule has 5 heteroatoms. The summed E-state index contributed by atoms with van der Waals surface area (Å²) < 4.78 is 0. The van der Waals surface area contributed by atoms with Gasteiger partial charge in [-0.2, -0.15) is 0 Å². The Hall–Kier alpha value is -2.56. The van der Waals surface area contributed by atoms with Gasteiger partial charge in [0.25, 0.3) is 5.91 Å². The van der Waals surface area contributed by atoms with Gasteiger partial charge in [-0.05, 0) is 48.8 Å². The molecule has 1 saturated heterocycles. The Labute approximate surface area is 172 Å². The molecule has 1 amide bonds. The standard InChI is InChI=1S/C24H29N3O2/c1-16-22(28)21-23(29)26(2)12-13-27(21)20(25-16)15-24(10-3-4-11-24)19-9-8-17-6-5-7-18(17)14-19/h8-9,14,28H,1,3-7,10-13,15H2,2H3. The largest absolute Gasteiger partial charge is 0.504 e. The molecule has 2 fully saturated rings. The predicted molar refractivity (Wildman–Crippen MR) is 114 cm³/mol. The molecular weight excluding hydrogens is 362 g/mol. The average molecular weight is 392 g/mol. The maximum Gasteiger partial charge on any atom is 0.274 e. The van der Waals surface area contributed by atoms with Crippen molar-refractivity contribution in [2.75, 3.05) is 20.1 Å². The molecule has 152 valence electrons. The minimum Gasteiger partial charge on any atom is -0.504 e. The molecule has 4 aliphatic rings. The predicted octanol–water partition coefficient (Wildman–Crippen LogP) is 3.85. The van der Waals surface area contributed by atoms with Gasteiger partial charge in [0.05, 0.1) is 0 Å². The van der Waals surface area contributed by atoms with E-state index in [1.165, 1.54) is 48.8 Å². The van der Waals surface area contributed by atoms with Gasteiger partial charge < -0.3 is 14.9 Å². The maximum atomic E-state index is 12.7. The molecule has 2 aliphatic carbocycles. The van der Waals surface area contributed by atoms with E-state index in [0.29, 0.717) is 24.5 Å². The van der Waals surface area contributed by atoms with Crippen molar-refractivity contribution in [3.63, 3.8) is 0 Å². The van der Waals surface area contributed by atoms with Crippen LogP contribution in [0.1, 0.15) is 55.2 Å². The van der Waals surface area contributed by atoms with E-state index in [1.54, 1.807) is 11.9 Å². The lowest BCUT2D eigenvalue weighted by molar-refractivity contribution is -0.129. The molecule has 1 N–H and O–H groups in total. The fraction of sp³-hybridized carbons (Fsp3) is 0.500. The molecule has 29 heavy (non-hydrogen) atoms. The van der Waals surface area contributed by atoms with E-state index in [-0.39, 0.29) is 17.1 Å². The van der Waals surface area contributed by atoms with Crippen molar-refractivity contribution < 1.29 is 9.90 Å². The average Bonchev–Trinajstić information content (AvgIpc) is 3.37. The van der Waals surface area contributed by atoms with Crippen molar-refractivity contribution in [2.45, 2.75) is 56.8 Å². The number of rotatable bonds is 3. The normalized spacial score (nSPS) is 23.4. The first kappa shape index (κ1) is 18.5. The molecule has 2 aliphatic heterocycles. The quantitative estimate of drug-likeness (QED) is 0.852. The van der Waals surface area contributed by atoms with Crippen LogP contribution in [-0.2, 0) is 23.1 Å². The van der Waals surface area contributed by atoms with Crippen LogP contribution in [0.5, 0.6) is 0 Å². The van der Waals surface area contributed by atoms with Crippen molar-refractivity contribution >= 4 is 11.7 Å². The van der Waals surface area contributed by atoms with Crippen LogP contribution < -0.4 is 0 Å². The highest BCUT2D eigenvalue weighted by molar-refractivity contribution is 6.02. The fourth-order valence-electron chi connectivity index (χ4n) is 5.61. The summed E-state index contributed by atoms with van der Waals surface area (Å²) in [4.78, 5) is 21.0. The third kappa shape index (κ3) is 2.90. The number of piperazine rings is 1. The maximum absolute atomic E-state index is 12.7. The number of aryl methyl sites for hydroxylation is 2. The van der Waals surface area contributed by atoms with Gasteiger partial charge in [-0.3, -0.25) is 4.79 Å². The highest BCUT2D eigenvalue weighted by atomic mass is 16.3. The van der Waals surface area contributed by atoms with Gasteiger partial charge in [0.2, 0.25) is 0 Å². The van der Waals surface area contributed by atoms with Crippen molar-refractivity contribution in [1.29, 1.82) is 0 Å². The van der Waals surface area contributed by atoms with E-state index in [2.05, 4.69) is 29.8 Å². The van der Waals surface area contributed by atoms with Crippen LogP contribution in [0.3, 0.4) is 0 Å². The van der Waals surface area contributed by atoms with Gasteiger partial charge >= 0.3 is 0 Å². The highest BCUT2D eigenvalue weighted by Gasteiger charge is 2.42. The summed E-state index contributed by atoms with van der Waals surface area (Å²) in [6.45, 7) is 5.21. The third-order valence-electron chi connectivity index (χ3n) is 7.32. The zero-order valence-corrected chi connectivity index (χ0v) is 17.2. The Morgan fingerprint density at radius 1 is 1.14 bits per heavy atom. The molecule has 0 radical (unpaired) electrons. The second kappa shape index (κ2) is 6.75. The summed E-state index contributed by atoms with van der Waals surface area (Å²) in [6, 6.07) is 7.10. The van der Waals surface area contributed by atoms with Gasteiger partial charge in [-0.15, -0.1) is 0 Å². The number of nitrogens with zero attached hydrogens (tertiary/aromatic N) is 3. The minimum atomic E-state index is -0.152. The number of likely N-dealkylation sites (N-methyl/N-ethyl adjacent to an activating group) is 1. The van der Waals surface area contributed by atoms with E-state index in [9.17, 15) is 9.90 Å². The number of carbonyl (C=O) groups is 1. The number of hydrogen-bond acceptors (Lipinski definition) is 4. The number of hydrogen-bond donors (Lipinski definition) is 1. The fourth-order valence-corrected chi connectivity index (χ4v) is 5.61. The van der Waals surface area contributed by atoms with Crippen LogP contribution >= 0.6 is 0 Å². The number of fused-ring (bicyclic) bond motifs is 2. The Kier molecular flexibility index (Phi) is 4.30. The number of amidine groups is 1. The molecule has 0 atom stereocenters. The Morgan fingerprint density at radius 2 is 1.90 bits per heavy atom. The van der Waals surface area contributed by atoms with E-state index < -0.39 is 0 Å². The molecule has 0 unspecified atom stereocenters. The van der Waals surface area contributed by atoms with Crippen molar-refractivity contribution in [2.24, 2.45) is 4.99 Å². The molecule has 1 aromatic carbocycles. The Bertz CT molecular complexity index is 953. The zero-order chi connectivity index (χ0) is 20.2. The molecule has 2 heterocycles. The first-order chi connectivity index (χ1) is 14.0. The van der Waals surface area contributed by atoms with E-state index in [4.69, 9.17) is 0 Å². The van der Waals surface area contributed by atoms with E-state index in [0.717, 1.165) is 25.1 Å². The van der Waals surface area contributed by atoms with Crippen molar-refractivity contribution in [1.82, 2.24) is 9.80 Å². The molecule has 0 aromatic heterocycles. The number of benzene rings is 1. The lowest BCUT2D eigenvalue weighted by Crippen LogP contribution is -2.52. The van der Waals surface area contributed by atoms with Gasteiger partial charge in [-0.25, -0.2) is 4.99 Å². The number of aliphatic hydroxyl groups excluding tert-OH is 1. The van der Waals surface area contributed by atoms with Crippen LogP contribution in [-0.4, -0.2) is 46.8 Å². The molecule has 0 bridgehead atoms. The summed E-state index contributed by atoms with van der Waals surface area (Å²) in [5.41, 5.74) is 5.14. The lowest BCUT2D eigenvalue weighted by atomic mass is 9.74. The van der Waals surface area contributed by atoms with Crippen LogP contribution in [0.25, 0.3) is 0 Å². The summed E-state index contributed by atoms with van der Waals surface area (Å²) in [5, 5.41) is 10.5. The van der Waals surface area contributed by atoms with Gasteiger partial charge in [0, 0.05) is 32.0 Å². The molecule has 1 aromatic rings. The molecule has 5 rings (SSSR count). The number of aliphatic hydroxyl groups is 1. The van der Waals surface area contributed by atoms with Gasteiger partial charge in [-0.1, -0.05) is 37.6 Å². The van der Waals surface area contributed by atoms with Gasteiger partial charge in [0.1, 0.15) is 11.5 Å². The SMILES string of the molecule is C=C1N=C(CC2(c3ccc4c(c3)CCC4)CCCC2)N2CCN(C)C(=O)C2=C1O. The first-order valence-electron chi connectivity index (χ1n) is 10.8. The highest BCUT2D eigenvalue weighted by Crippen LogP contribution is 2.46. The van der Waals surface area contributed by atoms with Crippen LogP contribution in [0, 0.1) is 0 Å². The third-order valence-corrected chi connectivity index (χ3v) is 7.32. The summed E-state index contributed by atoms with van der Waals surface area (Å²) >= 11 is 0. The first-order valence-corrected chi connectivity index (χ1v) is 10.8. The van der Waals surface area contributed by atoms with Crippen molar-refractivity contribution in [3.05, 3.63) is 58.6 Å². The Morgan fingerprint density at radius 3 is 2.69 bits per heavy atom. The van der Waals surface area contributed by atoms with Crippen LogP contribution in [0.4, 0.5) is 0 Å². The van der Waals surface area contributed by atoms with Crippen molar-refractivity contribution in [3.8, 4) is 0 Å². The minimum absolute atomic E-state index is 0.0567. The second-order valence-corrected chi connectivity index (χ2v) is 9.05. The summed E-state index contributed by atoms with van der Waals surface area (Å²) in [7, 11) is 1.77. The summed E-state index contributed by atoms with van der Waals surface area (Å²) in [6.07, 6.45) is 9.17. The topological polar surface area (TPSA) is 56.1 Å².